The van der Waals surface area contributed by atoms with Crippen molar-refractivity contribution in [3.8, 4) is 11.5 Å². The van der Waals surface area contributed by atoms with Crippen LogP contribution in [0.5, 0.6) is 11.5 Å². The number of hydrogen-bond acceptors (Lipinski definition) is 3. The van der Waals surface area contributed by atoms with Crippen molar-refractivity contribution >= 4 is 15.9 Å². The maximum absolute atomic E-state index is 5.75. The van der Waals surface area contributed by atoms with Crippen LogP contribution in [-0.2, 0) is 6.54 Å². The van der Waals surface area contributed by atoms with Gasteiger partial charge in [0.05, 0.1) is 13.2 Å². The molecule has 3 nitrogen and oxygen atoms in total. The second kappa shape index (κ2) is 8.05. The van der Waals surface area contributed by atoms with Crippen molar-refractivity contribution in [2.75, 3.05) is 13.2 Å². The fraction of sp³-hybridized carbons (Fsp3) is 0.294. The molecule has 4 heteroatoms. The average Bonchev–Trinajstić information content (AvgIpc) is 2.49. The summed E-state index contributed by atoms with van der Waals surface area (Å²) < 4.78 is 12.5. The molecule has 2 N–H and O–H groups in total. The Kier molecular flexibility index (Phi) is 6.08. The van der Waals surface area contributed by atoms with Gasteiger partial charge in [0.25, 0.3) is 0 Å². The standard InChI is InChI=1S/C17H20BrNO2/c1-13-10-15(18)6-7-17(13)21-9-3-8-20-16-5-2-4-14(11-16)12-19/h2,4-7,10-11H,3,8-9,12,19H2,1H3. The molecule has 0 radical (unpaired) electrons. The predicted molar refractivity (Wildman–Crippen MR) is 88.8 cm³/mol. The van der Waals surface area contributed by atoms with E-state index >= 15 is 0 Å². The Hall–Kier alpha value is -1.52. The minimum Gasteiger partial charge on any atom is -0.493 e. The molecule has 0 heterocycles. The molecule has 0 saturated carbocycles. The minimum atomic E-state index is 0.531. The molecule has 0 bridgehead atoms. The maximum Gasteiger partial charge on any atom is 0.122 e. The van der Waals surface area contributed by atoms with Gasteiger partial charge >= 0.3 is 0 Å². The van der Waals surface area contributed by atoms with Crippen molar-refractivity contribution in [1.82, 2.24) is 0 Å². The maximum atomic E-state index is 5.75. The van der Waals surface area contributed by atoms with E-state index in [2.05, 4.69) is 15.9 Å². The van der Waals surface area contributed by atoms with Crippen LogP contribution in [0.15, 0.2) is 46.9 Å². The number of hydrogen-bond donors (Lipinski definition) is 1. The first-order chi connectivity index (χ1) is 10.2. The van der Waals surface area contributed by atoms with Crippen LogP contribution in [0.3, 0.4) is 0 Å². The van der Waals surface area contributed by atoms with Gasteiger partial charge in [0, 0.05) is 17.4 Å². The van der Waals surface area contributed by atoms with Gasteiger partial charge in [-0.05, 0) is 48.4 Å². The zero-order chi connectivity index (χ0) is 15.1. The summed E-state index contributed by atoms with van der Waals surface area (Å²) in [4.78, 5) is 0. The normalized spacial score (nSPS) is 10.4. The van der Waals surface area contributed by atoms with E-state index in [9.17, 15) is 0 Å². The summed E-state index contributed by atoms with van der Waals surface area (Å²) in [7, 11) is 0. The van der Waals surface area contributed by atoms with Gasteiger partial charge in [-0.3, -0.25) is 0 Å². The molecule has 2 aromatic rings. The van der Waals surface area contributed by atoms with Crippen LogP contribution in [0.2, 0.25) is 0 Å². The van der Waals surface area contributed by atoms with E-state index < -0.39 is 0 Å². The number of aryl methyl sites for hydroxylation is 1. The topological polar surface area (TPSA) is 44.5 Å². The molecule has 0 spiro atoms. The molecule has 21 heavy (non-hydrogen) atoms. The third-order valence-electron chi connectivity index (χ3n) is 3.09. The lowest BCUT2D eigenvalue weighted by atomic mass is 10.2. The smallest absolute Gasteiger partial charge is 0.122 e. The first kappa shape index (κ1) is 15.9. The second-order valence-corrected chi connectivity index (χ2v) is 5.73. The Morgan fingerprint density at radius 2 is 1.86 bits per heavy atom. The van der Waals surface area contributed by atoms with Gasteiger partial charge in [-0.25, -0.2) is 0 Å². The van der Waals surface area contributed by atoms with Gasteiger partial charge in [-0.2, -0.15) is 0 Å². The monoisotopic (exact) mass is 349 g/mol. The van der Waals surface area contributed by atoms with Crippen LogP contribution in [0, 0.1) is 6.92 Å². The van der Waals surface area contributed by atoms with Crippen molar-refractivity contribution in [3.63, 3.8) is 0 Å². The Balaban J connectivity index is 1.72. The van der Waals surface area contributed by atoms with Gasteiger partial charge in [-0.1, -0.05) is 28.1 Å². The van der Waals surface area contributed by atoms with E-state index in [-0.39, 0.29) is 0 Å². The highest BCUT2D eigenvalue weighted by Gasteiger charge is 2.00. The molecular formula is C17H20BrNO2. The zero-order valence-electron chi connectivity index (χ0n) is 12.1. The van der Waals surface area contributed by atoms with E-state index in [1.54, 1.807) is 0 Å². The number of benzene rings is 2. The van der Waals surface area contributed by atoms with Gasteiger partial charge in [-0.15, -0.1) is 0 Å². The molecule has 0 saturated heterocycles. The van der Waals surface area contributed by atoms with Crippen molar-refractivity contribution in [2.45, 2.75) is 19.9 Å². The highest BCUT2D eigenvalue weighted by molar-refractivity contribution is 9.10. The Morgan fingerprint density at radius 1 is 1.05 bits per heavy atom. The highest BCUT2D eigenvalue weighted by atomic mass is 79.9. The highest BCUT2D eigenvalue weighted by Crippen LogP contribution is 2.22. The summed E-state index contributed by atoms with van der Waals surface area (Å²) in [6.07, 6.45) is 0.836. The van der Waals surface area contributed by atoms with Crippen molar-refractivity contribution in [3.05, 3.63) is 58.1 Å². The molecule has 0 fully saturated rings. The van der Waals surface area contributed by atoms with Crippen molar-refractivity contribution in [2.24, 2.45) is 5.73 Å². The summed E-state index contributed by atoms with van der Waals surface area (Å²) in [5, 5.41) is 0. The third kappa shape index (κ3) is 5.06. The first-order valence-electron chi connectivity index (χ1n) is 7.00. The van der Waals surface area contributed by atoms with Crippen LogP contribution in [-0.4, -0.2) is 13.2 Å². The van der Waals surface area contributed by atoms with Crippen LogP contribution in [0.1, 0.15) is 17.5 Å². The third-order valence-corrected chi connectivity index (χ3v) is 3.58. The largest absolute Gasteiger partial charge is 0.493 e. The van der Waals surface area contributed by atoms with Gasteiger partial charge in [0.15, 0.2) is 0 Å². The van der Waals surface area contributed by atoms with E-state index in [1.807, 2.05) is 49.4 Å². The van der Waals surface area contributed by atoms with E-state index in [0.717, 1.165) is 33.5 Å². The lowest BCUT2D eigenvalue weighted by Gasteiger charge is -2.10. The van der Waals surface area contributed by atoms with Gasteiger partial charge in [0.1, 0.15) is 11.5 Å². The summed E-state index contributed by atoms with van der Waals surface area (Å²) in [6.45, 7) is 3.83. The lowest BCUT2D eigenvalue weighted by molar-refractivity contribution is 0.246. The fourth-order valence-corrected chi connectivity index (χ4v) is 2.44. The van der Waals surface area contributed by atoms with Gasteiger partial charge < -0.3 is 15.2 Å². The summed E-state index contributed by atoms with van der Waals surface area (Å²) >= 11 is 3.44. The quantitative estimate of drug-likeness (QED) is 0.766. The minimum absolute atomic E-state index is 0.531. The summed E-state index contributed by atoms with van der Waals surface area (Å²) in [5.74, 6) is 1.78. The first-order valence-corrected chi connectivity index (χ1v) is 7.79. The molecule has 0 atom stereocenters. The zero-order valence-corrected chi connectivity index (χ0v) is 13.7. The molecule has 0 aromatic heterocycles. The predicted octanol–water partition coefficient (Wildman–Crippen LogP) is 4.06. The van der Waals surface area contributed by atoms with Crippen LogP contribution >= 0.6 is 15.9 Å². The average molecular weight is 350 g/mol. The molecule has 0 amide bonds. The Labute approximate surface area is 134 Å². The van der Waals surface area contributed by atoms with E-state index in [0.29, 0.717) is 19.8 Å². The van der Waals surface area contributed by atoms with Crippen LogP contribution in [0.25, 0.3) is 0 Å². The number of rotatable bonds is 7. The van der Waals surface area contributed by atoms with Crippen molar-refractivity contribution < 1.29 is 9.47 Å². The molecule has 2 aromatic carbocycles. The molecule has 0 aliphatic carbocycles. The van der Waals surface area contributed by atoms with Crippen LogP contribution in [0.4, 0.5) is 0 Å². The second-order valence-electron chi connectivity index (χ2n) is 4.81. The lowest BCUT2D eigenvalue weighted by Crippen LogP contribution is -2.06. The Bertz CT molecular complexity index is 587. The summed E-state index contributed by atoms with van der Waals surface area (Å²) in [6, 6.07) is 13.9. The van der Waals surface area contributed by atoms with E-state index in [1.165, 1.54) is 0 Å². The Morgan fingerprint density at radius 3 is 2.62 bits per heavy atom. The molecular weight excluding hydrogens is 330 g/mol. The van der Waals surface area contributed by atoms with Crippen molar-refractivity contribution in [1.29, 1.82) is 0 Å². The van der Waals surface area contributed by atoms with E-state index in [4.69, 9.17) is 15.2 Å². The molecule has 0 aliphatic rings. The van der Waals surface area contributed by atoms with Gasteiger partial charge in [0.2, 0.25) is 0 Å². The summed E-state index contributed by atoms with van der Waals surface area (Å²) in [5.41, 5.74) is 7.81. The molecule has 0 aliphatic heterocycles. The number of ether oxygens (including phenoxy) is 2. The fourth-order valence-electron chi connectivity index (χ4n) is 1.97. The number of halogens is 1. The molecule has 2 rings (SSSR count). The SMILES string of the molecule is Cc1cc(Br)ccc1OCCCOc1cccc(CN)c1. The van der Waals surface area contributed by atoms with Crippen LogP contribution < -0.4 is 15.2 Å². The molecule has 112 valence electrons. The molecule has 0 unspecified atom stereocenters. The number of nitrogens with two attached hydrogens (primary N) is 1.